The first-order valence-electron chi connectivity index (χ1n) is 9.05. The molecule has 1 aromatic carbocycles. The number of hydrogen-bond donors (Lipinski definition) is 0. The molecule has 0 aliphatic heterocycles. The minimum atomic E-state index is -0.594. The largest absolute Gasteiger partial charge is 0.348 e. The average Bonchev–Trinajstić information content (AvgIpc) is 2.97. The van der Waals surface area contributed by atoms with Crippen LogP contribution in [-0.2, 0) is 19.5 Å². The molecule has 0 amide bonds. The van der Waals surface area contributed by atoms with Gasteiger partial charge in [0.1, 0.15) is 0 Å². The Labute approximate surface area is 172 Å². The van der Waals surface area contributed by atoms with Gasteiger partial charge in [-0.2, -0.15) is 0 Å². The van der Waals surface area contributed by atoms with Crippen LogP contribution in [-0.4, -0.2) is 19.8 Å². The van der Waals surface area contributed by atoms with E-state index in [1.807, 2.05) is 38.1 Å². The van der Waals surface area contributed by atoms with Crippen LogP contribution >= 0.6 is 11.6 Å². The van der Waals surface area contributed by atoms with Gasteiger partial charge >= 0.3 is 0 Å². The molecule has 8 heteroatoms. The molecule has 0 bridgehead atoms. The number of Topliss-reactive ketones (excluding diaryl/α,β-unsaturated/α-hetero) is 1. The van der Waals surface area contributed by atoms with E-state index in [1.165, 1.54) is 0 Å². The Morgan fingerprint density at radius 2 is 1.83 bits per heavy atom. The number of rotatable bonds is 7. The summed E-state index contributed by atoms with van der Waals surface area (Å²) in [5, 5.41) is 11.6. The number of hydrogen-bond acceptors (Lipinski definition) is 4. The van der Waals surface area contributed by atoms with Crippen LogP contribution in [0.1, 0.15) is 27.3 Å². The highest BCUT2D eigenvalue weighted by Crippen LogP contribution is 2.18. The van der Waals surface area contributed by atoms with Gasteiger partial charge in [0.2, 0.25) is 0 Å². The predicted molar refractivity (Wildman–Crippen MR) is 111 cm³/mol. The molecular formula is C21H20ClN3O4. The third kappa shape index (κ3) is 4.63. The molecule has 0 saturated heterocycles. The van der Waals surface area contributed by atoms with E-state index >= 15 is 0 Å². The van der Waals surface area contributed by atoms with Crippen LogP contribution in [0, 0.1) is 24.0 Å². The molecule has 2 aromatic heterocycles. The number of aryl methyl sites for hydroxylation is 2. The van der Waals surface area contributed by atoms with E-state index in [9.17, 15) is 19.7 Å². The smallest absolute Gasteiger partial charge is 0.285 e. The number of ketones is 1. The van der Waals surface area contributed by atoms with Gasteiger partial charge in [-0.05, 0) is 44.0 Å². The van der Waals surface area contributed by atoms with Gasteiger partial charge in [-0.15, -0.1) is 0 Å². The van der Waals surface area contributed by atoms with E-state index < -0.39 is 10.5 Å². The van der Waals surface area contributed by atoms with Crippen molar-refractivity contribution < 1.29 is 9.72 Å². The average molecular weight is 414 g/mol. The van der Waals surface area contributed by atoms with Gasteiger partial charge in [0.05, 0.1) is 17.7 Å². The van der Waals surface area contributed by atoms with Crippen molar-refractivity contribution in [1.29, 1.82) is 0 Å². The molecule has 3 rings (SSSR count). The maximum absolute atomic E-state index is 12.8. The minimum absolute atomic E-state index is 0.231. The zero-order valence-corrected chi connectivity index (χ0v) is 16.8. The highest BCUT2D eigenvalue weighted by molar-refractivity contribution is 6.30. The normalized spacial score (nSPS) is 10.9. The number of pyridine rings is 1. The zero-order chi connectivity index (χ0) is 21.1. The molecule has 0 atom stereocenters. The van der Waals surface area contributed by atoms with Crippen LogP contribution in [0.25, 0.3) is 0 Å². The fourth-order valence-corrected chi connectivity index (χ4v) is 3.44. The lowest BCUT2D eigenvalue weighted by Gasteiger charge is -2.10. The molecule has 3 aromatic rings. The van der Waals surface area contributed by atoms with Crippen molar-refractivity contribution in [2.75, 3.05) is 0 Å². The summed E-state index contributed by atoms with van der Waals surface area (Å²) in [5.74, 6) is -0.265. The van der Waals surface area contributed by atoms with E-state index in [0.29, 0.717) is 17.1 Å². The molecule has 0 unspecified atom stereocenters. The van der Waals surface area contributed by atoms with Crippen molar-refractivity contribution in [1.82, 2.24) is 9.13 Å². The van der Waals surface area contributed by atoms with Crippen LogP contribution in [0.15, 0.2) is 53.5 Å². The summed E-state index contributed by atoms with van der Waals surface area (Å²) in [6.45, 7) is 4.23. The number of carbonyl (C=O) groups is 1. The molecule has 0 aliphatic rings. The molecular weight excluding hydrogens is 394 g/mol. The van der Waals surface area contributed by atoms with Gasteiger partial charge in [-0.25, -0.2) is 0 Å². The summed E-state index contributed by atoms with van der Waals surface area (Å²) in [6, 6.07) is 11.7. The number of aromatic nitrogens is 2. The lowest BCUT2D eigenvalue weighted by molar-refractivity contribution is -0.385. The predicted octanol–water partition coefficient (Wildman–Crippen LogP) is 3.95. The van der Waals surface area contributed by atoms with Crippen molar-refractivity contribution in [2.24, 2.45) is 0 Å². The second-order valence-corrected chi connectivity index (χ2v) is 7.28. The maximum Gasteiger partial charge on any atom is 0.285 e. The number of halogens is 1. The Balaban J connectivity index is 1.79. The molecule has 0 radical (unpaired) electrons. The Bertz CT molecular complexity index is 1130. The Hall–Kier alpha value is -3.19. The van der Waals surface area contributed by atoms with Gasteiger partial charge in [0.15, 0.2) is 5.78 Å². The molecule has 7 nitrogen and oxygen atoms in total. The molecule has 29 heavy (non-hydrogen) atoms. The molecule has 2 heterocycles. The third-order valence-corrected chi connectivity index (χ3v) is 5.16. The zero-order valence-electron chi connectivity index (χ0n) is 16.1. The number of carbonyl (C=O) groups excluding carboxylic acids is 1. The lowest BCUT2D eigenvalue weighted by Crippen LogP contribution is -2.23. The molecule has 0 N–H and O–H groups in total. The third-order valence-electron chi connectivity index (χ3n) is 4.90. The summed E-state index contributed by atoms with van der Waals surface area (Å²) in [6.07, 6.45) is 1.88. The van der Waals surface area contributed by atoms with Crippen LogP contribution in [0.4, 0.5) is 5.69 Å². The van der Waals surface area contributed by atoms with Gasteiger partial charge in [0, 0.05) is 40.7 Å². The monoisotopic (exact) mass is 413 g/mol. The first kappa shape index (κ1) is 20.5. The van der Waals surface area contributed by atoms with Crippen LogP contribution in [0.2, 0.25) is 5.02 Å². The van der Waals surface area contributed by atoms with Crippen molar-refractivity contribution >= 4 is 23.1 Å². The second kappa shape index (κ2) is 8.45. The van der Waals surface area contributed by atoms with Crippen molar-refractivity contribution in [2.45, 2.75) is 33.4 Å². The first-order valence-corrected chi connectivity index (χ1v) is 9.43. The van der Waals surface area contributed by atoms with Crippen molar-refractivity contribution in [3.8, 4) is 0 Å². The van der Waals surface area contributed by atoms with Gasteiger partial charge in [-0.3, -0.25) is 19.7 Å². The fraction of sp³-hybridized carbons (Fsp3) is 0.238. The first-order chi connectivity index (χ1) is 13.8. The second-order valence-electron chi connectivity index (χ2n) is 6.85. The van der Waals surface area contributed by atoms with Crippen molar-refractivity contribution in [3.63, 3.8) is 0 Å². The summed E-state index contributed by atoms with van der Waals surface area (Å²) in [4.78, 5) is 35.1. The van der Waals surface area contributed by atoms with Crippen LogP contribution in [0.3, 0.4) is 0 Å². The van der Waals surface area contributed by atoms with E-state index in [0.717, 1.165) is 46.3 Å². The molecule has 0 fully saturated rings. The summed E-state index contributed by atoms with van der Waals surface area (Å²) < 4.78 is 3.12. The summed E-state index contributed by atoms with van der Waals surface area (Å²) in [5.41, 5.74) is 2.70. The van der Waals surface area contributed by atoms with Crippen LogP contribution < -0.4 is 5.56 Å². The van der Waals surface area contributed by atoms with E-state index in [-0.39, 0.29) is 18.0 Å². The fourth-order valence-electron chi connectivity index (χ4n) is 3.31. The standard InChI is InChI=1S/C21H20ClN3O4/c1-14-11-19(15(2)24(14)10-9-16-3-5-17(22)6-4-16)20(26)13-23-12-18(25(28)29)7-8-21(23)27/h3-8,11-12H,9-10,13H2,1-2H3. The number of nitro groups is 1. The highest BCUT2D eigenvalue weighted by Gasteiger charge is 2.18. The Kier molecular flexibility index (Phi) is 5.98. The Morgan fingerprint density at radius 1 is 1.14 bits per heavy atom. The van der Waals surface area contributed by atoms with Gasteiger partial charge in [-0.1, -0.05) is 23.7 Å². The molecule has 0 aliphatic carbocycles. The van der Waals surface area contributed by atoms with Crippen molar-refractivity contribution in [3.05, 3.63) is 96.7 Å². The van der Waals surface area contributed by atoms with Gasteiger partial charge in [0.25, 0.3) is 11.2 Å². The maximum atomic E-state index is 12.8. The quantitative estimate of drug-likeness (QED) is 0.333. The molecule has 0 spiro atoms. The summed E-state index contributed by atoms with van der Waals surface area (Å²) in [7, 11) is 0. The van der Waals surface area contributed by atoms with E-state index in [2.05, 4.69) is 4.57 Å². The Morgan fingerprint density at radius 3 is 2.48 bits per heavy atom. The molecule has 0 saturated carbocycles. The topological polar surface area (TPSA) is 87.1 Å². The van der Waals surface area contributed by atoms with Gasteiger partial charge < -0.3 is 9.13 Å². The number of nitrogens with zero attached hydrogens (tertiary/aromatic N) is 3. The van der Waals surface area contributed by atoms with Crippen LogP contribution in [0.5, 0.6) is 0 Å². The number of benzene rings is 1. The SMILES string of the molecule is Cc1cc(C(=O)Cn2cc([N+](=O)[O-])ccc2=O)c(C)n1CCc1ccc(Cl)cc1. The highest BCUT2D eigenvalue weighted by atomic mass is 35.5. The molecule has 150 valence electrons. The minimum Gasteiger partial charge on any atom is -0.348 e. The van der Waals surface area contributed by atoms with E-state index in [4.69, 9.17) is 11.6 Å². The van der Waals surface area contributed by atoms with E-state index in [1.54, 1.807) is 6.07 Å². The summed E-state index contributed by atoms with van der Waals surface area (Å²) >= 11 is 5.92. The lowest BCUT2D eigenvalue weighted by atomic mass is 10.1.